The number of aliphatic hydroxyl groups is 1. The number of hydrogen-bond donors (Lipinski definition) is 1. The molecule has 1 amide bonds. The zero-order chi connectivity index (χ0) is 25.6. The van der Waals surface area contributed by atoms with E-state index in [0.717, 1.165) is 56.3 Å². The van der Waals surface area contributed by atoms with Crippen LogP contribution in [0, 0.1) is 0 Å². The Hall–Kier alpha value is -3.40. The fourth-order valence-electron chi connectivity index (χ4n) is 4.97. The lowest BCUT2D eigenvalue weighted by molar-refractivity contribution is 0.0671. The summed E-state index contributed by atoms with van der Waals surface area (Å²) in [5.74, 6) is 1.31. The van der Waals surface area contributed by atoms with Crippen molar-refractivity contribution in [3.8, 4) is 5.75 Å². The number of hydrogen-bond acceptors (Lipinski definition) is 8. The largest absolute Gasteiger partial charge is 0.497 e. The van der Waals surface area contributed by atoms with Gasteiger partial charge in [0.15, 0.2) is 5.69 Å². The van der Waals surface area contributed by atoms with Crippen LogP contribution in [0.25, 0.3) is 0 Å². The molecule has 0 spiro atoms. The molecule has 1 aromatic heterocycles. The molecule has 2 aliphatic rings. The number of oxazole rings is 1. The second-order valence-corrected chi connectivity index (χ2v) is 9.61. The minimum Gasteiger partial charge on any atom is -0.497 e. The third-order valence-electron chi connectivity index (χ3n) is 7.20. The average Bonchev–Trinajstić information content (AvgIpc) is 3.42. The van der Waals surface area contributed by atoms with Crippen LogP contribution in [0.15, 0.2) is 65.3 Å². The van der Waals surface area contributed by atoms with E-state index < -0.39 is 6.10 Å². The van der Waals surface area contributed by atoms with Gasteiger partial charge in [-0.2, -0.15) is 0 Å². The zero-order valence-corrected chi connectivity index (χ0v) is 21.3. The summed E-state index contributed by atoms with van der Waals surface area (Å²) in [5.41, 5.74) is 2.42. The summed E-state index contributed by atoms with van der Waals surface area (Å²) in [6.07, 6.45) is 1.00. The molecule has 2 aliphatic heterocycles. The van der Waals surface area contributed by atoms with Gasteiger partial charge in [0.05, 0.1) is 19.8 Å². The van der Waals surface area contributed by atoms with E-state index in [9.17, 15) is 9.90 Å². The Morgan fingerprint density at radius 1 is 0.973 bits per heavy atom. The monoisotopic (exact) mass is 505 g/mol. The summed E-state index contributed by atoms with van der Waals surface area (Å²) in [7, 11) is 1.67. The maximum atomic E-state index is 13.0. The van der Waals surface area contributed by atoms with Gasteiger partial charge in [0.2, 0.25) is 5.89 Å². The van der Waals surface area contributed by atoms with Crippen molar-refractivity contribution in [1.82, 2.24) is 19.7 Å². The van der Waals surface area contributed by atoms with E-state index >= 15 is 0 Å². The zero-order valence-electron chi connectivity index (χ0n) is 21.3. The molecule has 0 saturated carbocycles. The summed E-state index contributed by atoms with van der Waals surface area (Å²) in [4.78, 5) is 26.2. The normalized spacial score (nSPS) is 18.1. The van der Waals surface area contributed by atoms with Crippen molar-refractivity contribution in [2.75, 3.05) is 70.9 Å². The lowest BCUT2D eigenvalue weighted by Crippen LogP contribution is -2.49. The van der Waals surface area contributed by atoms with E-state index in [4.69, 9.17) is 9.15 Å². The Kier molecular flexibility index (Phi) is 8.03. The lowest BCUT2D eigenvalue weighted by Gasteiger charge is -2.35. The van der Waals surface area contributed by atoms with Gasteiger partial charge in [-0.3, -0.25) is 14.6 Å². The van der Waals surface area contributed by atoms with E-state index in [1.165, 1.54) is 6.26 Å². The molecular formula is C28H35N5O4. The second kappa shape index (κ2) is 11.8. The molecule has 37 heavy (non-hydrogen) atoms. The quantitative estimate of drug-likeness (QED) is 0.500. The van der Waals surface area contributed by atoms with Crippen LogP contribution in [0.3, 0.4) is 0 Å². The highest BCUT2D eigenvalue weighted by atomic mass is 16.5. The first-order valence-electron chi connectivity index (χ1n) is 12.9. The number of β-amino-alcohol motifs (C(OH)–C–C–N with tert-alkyl or cyclic N) is 1. The SMILES string of the molecule is COc1cccc(N2CCN(C(=O)c3coc(CN4CCN(C[C@@H](O)c5ccccc5)CC4)n3)CC2)c1. The Bertz CT molecular complexity index is 1150. The fourth-order valence-corrected chi connectivity index (χ4v) is 4.97. The molecule has 2 aromatic carbocycles. The Morgan fingerprint density at radius 3 is 2.43 bits per heavy atom. The van der Waals surface area contributed by atoms with Crippen molar-refractivity contribution in [2.45, 2.75) is 12.6 Å². The van der Waals surface area contributed by atoms with Gasteiger partial charge in [0, 0.05) is 70.7 Å². The summed E-state index contributed by atoms with van der Waals surface area (Å²) in [6, 6.07) is 17.8. The van der Waals surface area contributed by atoms with Gasteiger partial charge >= 0.3 is 0 Å². The predicted molar refractivity (Wildman–Crippen MR) is 141 cm³/mol. The van der Waals surface area contributed by atoms with Crippen molar-refractivity contribution >= 4 is 11.6 Å². The number of amides is 1. The molecule has 0 radical (unpaired) electrons. The summed E-state index contributed by atoms with van der Waals surface area (Å²) < 4.78 is 11.0. The molecule has 2 saturated heterocycles. The number of aromatic nitrogens is 1. The molecule has 1 N–H and O–H groups in total. The molecule has 3 heterocycles. The Morgan fingerprint density at radius 2 is 1.70 bits per heavy atom. The maximum absolute atomic E-state index is 13.0. The molecule has 5 rings (SSSR count). The molecule has 3 aromatic rings. The smallest absolute Gasteiger partial charge is 0.275 e. The molecular weight excluding hydrogens is 470 g/mol. The first-order chi connectivity index (χ1) is 18.1. The van der Waals surface area contributed by atoms with Gasteiger partial charge in [-0.15, -0.1) is 0 Å². The fraction of sp³-hybridized carbons (Fsp3) is 0.429. The topological polar surface area (TPSA) is 85.5 Å². The van der Waals surface area contributed by atoms with Crippen molar-refractivity contribution in [1.29, 1.82) is 0 Å². The van der Waals surface area contributed by atoms with Crippen LogP contribution >= 0.6 is 0 Å². The van der Waals surface area contributed by atoms with E-state index in [0.29, 0.717) is 37.8 Å². The average molecular weight is 506 g/mol. The number of benzene rings is 2. The van der Waals surface area contributed by atoms with E-state index in [1.807, 2.05) is 53.4 Å². The second-order valence-electron chi connectivity index (χ2n) is 9.61. The van der Waals surface area contributed by atoms with Gasteiger partial charge in [-0.1, -0.05) is 36.4 Å². The number of aliphatic hydroxyl groups excluding tert-OH is 1. The highest BCUT2D eigenvalue weighted by Gasteiger charge is 2.26. The molecule has 9 heteroatoms. The van der Waals surface area contributed by atoms with Crippen LogP contribution in [0.4, 0.5) is 5.69 Å². The molecule has 2 fully saturated rings. The third kappa shape index (κ3) is 6.30. The van der Waals surface area contributed by atoms with Gasteiger partial charge in [0.1, 0.15) is 12.0 Å². The van der Waals surface area contributed by atoms with Crippen LogP contribution in [0.5, 0.6) is 5.75 Å². The highest BCUT2D eigenvalue weighted by Crippen LogP contribution is 2.23. The molecule has 196 valence electrons. The molecule has 0 aliphatic carbocycles. The predicted octanol–water partition coefficient (Wildman–Crippen LogP) is 2.50. The van der Waals surface area contributed by atoms with Crippen LogP contribution in [-0.2, 0) is 6.54 Å². The van der Waals surface area contributed by atoms with Crippen LogP contribution in [0.2, 0.25) is 0 Å². The van der Waals surface area contributed by atoms with Gasteiger partial charge in [-0.05, 0) is 17.7 Å². The maximum Gasteiger partial charge on any atom is 0.275 e. The van der Waals surface area contributed by atoms with Crippen LogP contribution in [0.1, 0.15) is 28.0 Å². The van der Waals surface area contributed by atoms with E-state index in [1.54, 1.807) is 7.11 Å². The minimum atomic E-state index is -0.481. The molecule has 0 bridgehead atoms. The van der Waals surface area contributed by atoms with Crippen molar-refractivity contribution < 1.29 is 19.1 Å². The summed E-state index contributed by atoms with van der Waals surface area (Å²) >= 11 is 0. The van der Waals surface area contributed by atoms with Gasteiger partial charge < -0.3 is 24.1 Å². The van der Waals surface area contributed by atoms with Crippen LogP contribution < -0.4 is 9.64 Å². The Balaban J connectivity index is 1.07. The number of nitrogens with zero attached hydrogens (tertiary/aromatic N) is 5. The Labute approximate surface area is 217 Å². The van der Waals surface area contributed by atoms with E-state index in [-0.39, 0.29) is 5.91 Å². The number of piperazine rings is 2. The highest BCUT2D eigenvalue weighted by molar-refractivity contribution is 5.92. The summed E-state index contributed by atoms with van der Waals surface area (Å²) in [6.45, 7) is 7.44. The number of carbonyl (C=O) groups is 1. The standard InChI is InChI=1S/C28H35N5O4/c1-36-24-9-5-8-23(18-24)32-14-16-33(17-15-32)28(35)25-21-37-27(29-25)20-31-12-10-30(11-13-31)19-26(34)22-6-3-2-4-7-22/h2-9,18,21,26,34H,10-17,19-20H2,1H3/t26-/m1/s1. The van der Waals surface area contributed by atoms with E-state index in [2.05, 4.69) is 25.8 Å². The van der Waals surface area contributed by atoms with Crippen LogP contribution in [-0.4, -0.2) is 96.7 Å². The molecule has 1 atom stereocenters. The first-order valence-corrected chi connectivity index (χ1v) is 12.9. The lowest BCUT2D eigenvalue weighted by atomic mass is 10.1. The molecule has 9 nitrogen and oxygen atoms in total. The van der Waals surface area contributed by atoms with Crippen molar-refractivity contribution in [2.24, 2.45) is 0 Å². The number of rotatable bonds is 8. The summed E-state index contributed by atoms with van der Waals surface area (Å²) in [5, 5.41) is 10.5. The minimum absolute atomic E-state index is 0.0833. The number of methoxy groups -OCH3 is 1. The van der Waals surface area contributed by atoms with Gasteiger partial charge in [0.25, 0.3) is 5.91 Å². The number of ether oxygens (including phenoxy) is 1. The first kappa shape index (κ1) is 25.3. The third-order valence-corrected chi connectivity index (χ3v) is 7.20. The molecule has 0 unspecified atom stereocenters. The van der Waals surface area contributed by atoms with Gasteiger partial charge in [-0.25, -0.2) is 4.98 Å². The van der Waals surface area contributed by atoms with Crippen molar-refractivity contribution in [3.05, 3.63) is 78.0 Å². The number of carbonyl (C=O) groups excluding carboxylic acids is 1. The number of anilines is 1. The van der Waals surface area contributed by atoms with Crippen molar-refractivity contribution in [3.63, 3.8) is 0 Å².